The number of azo groups is 1. The van der Waals surface area contributed by atoms with Crippen molar-refractivity contribution in [2.45, 2.75) is 6.92 Å². The summed E-state index contributed by atoms with van der Waals surface area (Å²) in [6, 6.07) is 11.5. The van der Waals surface area contributed by atoms with Crippen LogP contribution in [-0.4, -0.2) is 9.36 Å². The quantitative estimate of drug-likeness (QED) is 0.732. The van der Waals surface area contributed by atoms with Crippen LogP contribution in [0.25, 0.3) is 11.3 Å². The number of hydrogen-bond donors (Lipinski definition) is 1. The third-order valence-electron chi connectivity index (χ3n) is 2.88. The number of rotatable bonds is 3. The molecule has 0 fully saturated rings. The fraction of sp³-hybridized carbons (Fsp3) is 0.0714. The van der Waals surface area contributed by atoms with E-state index in [0.29, 0.717) is 27.0 Å². The van der Waals surface area contributed by atoms with E-state index in [4.69, 9.17) is 5.26 Å². The lowest BCUT2D eigenvalue weighted by Gasteiger charge is -1.97. The number of nitriles is 1. The van der Waals surface area contributed by atoms with Gasteiger partial charge in [-0.3, -0.25) is 4.79 Å². The maximum atomic E-state index is 11.6. The number of aromatic amines is 1. The summed E-state index contributed by atoms with van der Waals surface area (Å²) >= 11 is 2.09. The molecule has 2 aromatic heterocycles. The lowest BCUT2D eigenvalue weighted by atomic mass is 10.2. The Kier molecular flexibility index (Phi) is 3.91. The third kappa shape index (κ3) is 2.72. The molecule has 0 saturated carbocycles. The lowest BCUT2D eigenvalue weighted by Crippen LogP contribution is -1.91. The average Bonchev–Trinajstić information content (AvgIpc) is 3.08. The standard InChI is InChI=1S/C14H9N5OS2/c1-8-10(7-15)12(22-19-8)17-18-13-11(16-14(20)21-13)9-5-3-2-4-6-9/h2-6H,1H3,(H,16,20). The zero-order chi connectivity index (χ0) is 15.5. The van der Waals surface area contributed by atoms with Crippen LogP contribution in [0.5, 0.6) is 0 Å². The molecule has 2 heterocycles. The van der Waals surface area contributed by atoms with E-state index in [1.54, 1.807) is 6.92 Å². The zero-order valence-electron chi connectivity index (χ0n) is 11.4. The second-order valence-electron chi connectivity index (χ2n) is 4.32. The van der Waals surface area contributed by atoms with E-state index in [0.717, 1.165) is 28.4 Å². The van der Waals surface area contributed by atoms with Gasteiger partial charge in [0.2, 0.25) is 0 Å². The van der Waals surface area contributed by atoms with Crippen LogP contribution < -0.4 is 4.87 Å². The van der Waals surface area contributed by atoms with Crippen molar-refractivity contribution in [1.82, 2.24) is 9.36 Å². The van der Waals surface area contributed by atoms with E-state index in [1.807, 2.05) is 30.3 Å². The molecule has 0 aliphatic heterocycles. The number of hydrogen-bond acceptors (Lipinski definition) is 7. The fourth-order valence-corrected chi connectivity index (χ4v) is 3.19. The van der Waals surface area contributed by atoms with Gasteiger partial charge < -0.3 is 4.98 Å². The number of thiazole rings is 1. The molecule has 0 spiro atoms. The lowest BCUT2D eigenvalue weighted by molar-refractivity contribution is 1.24. The number of nitrogens with one attached hydrogen (secondary N) is 1. The van der Waals surface area contributed by atoms with Crippen molar-refractivity contribution in [3.63, 3.8) is 0 Å². The van der Waals surface area contributed by atoms with Gasteiger partial charge in [-0.25, -0.2) is 0 Å². The zero-order valence-corrected chi connectivity index (χ0v) is 13.0. The van der Waals surface area contributed by atoms with Crippen LogP contribution >= 0.6 is 22.9 Å². The second kappa shape index (κ2) is 6.01. The van der Waals surface area contributed by atoms with Crippen LogP contribution in [0, 0.1) is 18.3 Å². The summed E-state index contributed by atoms with van der Waals surface area (Å²) in [5.74, 6) is 0. The molecule has 0 aliphatic rings. The Balaban J connectivity index is 2.02. The predicted octanol–water partition coefficient (Wildman–Crippen LogP) is 4.16. The molecular formula is C14H9N5OS2. The van der Waals surface area contributed by atoms with Crippen LogP contribution in [0.1, 0.15) is 11.3 Å². The highest BCUT2D eigenvalue weighted by Crippen LogP contribution is 2.34. The van der Waals surface area contributed by atoms with Crippen molar-refractivity contribution in [2.75, 3.05) is 0 Å². The Morgan fingerprint density at radius 3 is 2.68 bits per heavy atom. The molecule has 8 heteroatoms. The SMILES string of the molecule is Cc1nsc(N=Nc2sc(=O)[nH]c2-c2ccccc2)c1C#N. The molecule has 0 unspecified atom stereocenters. The van der Waals surface area contributed by atoms with Gasteiger partial charge in [0, 0.05) is 5.56 Å². The molecule has 0 saturated heterocycles. The molecule has 22 heavy (non-hydrogen) atoms. The number of nitrogens with zero attached hydrogens (tertiary/aromatic N) is 4. The fourth-order valence-electron chi connectivity index (χ4n) is 1.84. The van der Waals surface area contributed by atoms with Crippen molar-refractivity contribution >= 4 is 32.9 Å². The maximum Gasteiger partial charge on any atom is 0.307 e. The number of benzene rings is 1. The molecule has 6 nitrogen and oxygen atoms in total. The van der Waals surface area contributed by atoms with E-state index in [-0.39, 0.29) is 4.87 Å². The van der Waals surface area contributed by atoms with E-state index in [1.165, 1.54) is 0 Å². The Labute approximate surface area is 133 Å². The van der Waals surface area contributed by atoms with Gasteiger partial charge >= 0.3 is 4.87 Å². The molecule has 0 bridgehead atoms. The summed E-state index contributed by atoms with van der Waals surface area (Å²) in [5, 5.41) is 18.2. The molecular weight excluding hydrogens is 318 g/mol. The van der Waals surface area contributed by atoms with E-state index in [9.17, 15) is 4.79 Å². The van der Waals surface area contributed by atoms with Crippen LogP contribution in [0.15, 0.2) is 45.4 Å². The molecule has 1 N–H and O–H groups in total. The highest BCUT2D eigenvalue weighted by atomic mass is 32.1. The van der Waals surface area contributed by atoms with Gasteiger partial charge in [-0.05, 0) is 18.5 Å². The van der Waals surface area contributed by atoms with Gasteiger partial charge in [0.1, 0.15) is 11.6 Å². The summed E-state index contributed by atoms with van der Waals surface area (Å²) < 4.78 is 4.08. The first-order valence-electron chi connectivity index (χ1n) is 6.25. The Morgan fingerprint density at radius 1 is 1.23 bits per heavy atom. The molecule has 0 amide bonds. The van der Waals surface area contributed by atoms with Crippen molar-refractivity contribution in [3.8, 4) is 17.3 Å². The van der Waals surface area contributed by atoms with Crippen molar-refractivity contribution in [1.29, 1.82) is 5.26 Å². The molecule has 1 aromatic carbocycles. The van der Waals surface area contributed by atoms with Crippen LogP contribution in [0.3, 0.4) is 0 Å². The first-order chi connectivity index (χ1) is 10.7. The molecule has 0 radical (unpaired) electrons. The Morgan fingerprint density at radius 2 is 1.95 bits per heavy atom. The monoisotopic (exact) mass is 327 g/mol. The summed E-state index contributed by atoms with van der Waals surface area (Å²) in [5.41, 5.74) is 2.53. The molecule has 3 aromatic rings. The van der Waals surface area contributed by atoms with E-state index >= 15 is 0 Å². The third-order valence-corrected chi connectivity index (χ3v) is 4.47. The number of H-pyrrole nitrogens is 1. The second-order valence-corrected chi connectivity index (χ2v) is 6.03. The smallest absolute Gasteiger partial charge is 0.307 e. The minimum Gasteiger partial charge on any atom is -0.310 e. The largest absolute Gasteiger partial charge is 0.310 e. The summed E-state index contributed by atoms with van der Waals surface area (Å²) in [4.78, 5) is 14.2. The highest BCUT2D eigenvalue weighted by molar-refractivity contribution is 7.13. The topological polar surface area (TPSA) is 94.3 Å². The van der Waals surface area contributed by atoms with Gasteiger partial charge in [-0.2, -0.15) is 9.64 Å². The van der Waals surface area contributed by atoms with Gasteiger partial charge in [0.15, 0.2) is 10.0 Å². The van der Waals surface area contributed by atoms with Gasteiger partial charge in [-0.1, -0.05) is 41.7 Å². The van der Waals surface area contributed by atoms with Crippen LogP contribution in [0.4, 0.5) is 10.0 Å². The van der Waals surface area contributed by atoms with Crippen LogP contribution in [-0.2, 0) is 0 Å². The number of aryl methyl sites for hydroxylation is 1. The summed E-state index contributed by atoms with van der Waals surface area (Å²) in [6.45, 7) is 1.75. The Bertz CT molecular complexity index is 930. The summed E-state index contributed by atoms with van der Waals surface area (Å²) in [7, 11) is 0. The first-order valence-corrected chi connectivity index (χ1v) is 7.84. The predicted molar refractivity (Wildman–Crippen MR) is 86.1 cm³/mol. The first kappa shape index (κ1) is 14.3. The van der Waals surface area contributed by atoms with Gasteiger partial charge in [0.05, 0.1) is 11.4 Å². The van der Waals surface area contributed by atoms with Crippen LogP contribution in [0.2, 0.25) is 0 Å². The maximum absolute atomic E-state index is 11.6. The molecule has 3 rings (SSSR count). The minimum atomic E-state index is -0.200. The average molecular weight is 327 g/mol. The normalized spacial score (nSPS) is 10.9. The van der Waals surface area contributed by atoms with E-state index in [2.05, 4.69) is 25.7 Å². The van der Waals surface area contributed by atoms with Crippen molar-refractivity contribution in [3.05, 3.63) is 51.3 Å². The summed E-state index contributed by atoms with van der Waals surface area (Å²) in [6.07, 6.45) is 0. The molecule has 0 aliphatic carbocycles. The van der Waals surface area contributed by atoms with Gasteiger partial charge in [0.25, 0.3) is 0 Å². The van der Waals surface area contributed by atoms with Crippen molar-refractivity contribution in [2.24, 2.45) is 10.2 Å². The molecule has 0 atom stereocenters. The molecule has 108 valence electrons. The number of aromatic nitrogens is 2. The highest BCUT2D eigenvalue weighted by Gasteiger charge is 2.12. The Hall–Kier alpha value is -2.63. The van der Waals surface area contributed by atoms with E-state index < -0.39 is 0 Å². The minimum absolute atomic E-state index is 0.200. The van der Waals surface area contributed by atoms with Gasteiger partial charge in [-0.15, -0.1) is 10.2 Å². The van der Waals surface area contributed by atoms with Crippen molar-refractivity contribution < 1.29 is 0 Å².